The van der Waals surface area contributed by atoms with Crippen LogP contribution in [0.4, 0.5) is 4.39 Å². The van der Waals surface area contributed by atoms with Crippen LogP contribution in [0.25, 0.3) is 0 Å². The van der Waals surface area contributed by atoms with E-state index >= 15 is 0 Å². The van der Waals surface area contributed by atoms with Crippen LogP contribution in [-0.4, -0.2) is 34.3 Å². The highest BCUT2D eigenvalue weighted by atomic mass is 35.5. The van der Waals surface area contributed by atoms with Crippen molar-refractivity contribution in [2.75, 3.05) is 13.2 Å². The summed E-state index contributed by atoms with van der Waals surface area (Å²) in [4.78, 5) is 6.33. The number of rotatable bonds is 7. The largest absolute Gasteiger partial charge is 0.379 e. The minimum Gasteiger partial charge on any atom is -0.379 e. The number of pyridine rings is 1. The molecular weight excluding hydrogens is 393 g/mol. The van der Waals surface area contributed by atoms with E-state index in [1.165, 1.54) is 6.07 Å². The highest BCUT2D eigenvalue weighted by Gasteiger charge is 2.34. The van der Waals surface area contributed by atoms with Crippen LogP contribution in [0.5, 0.6) is 0 Å². The van der Waals surface area contributed by atoms with Crippen molar-refractivity contribution in [3.63, 3.8) is 0 Å². The molecule has 1 aliphatic heterocycles. The Balaban J connectivity index is 1.59. The van der Waals surface area contributed by atoms with E-state index in [1.807, 2.05) is 25.1 Å². The second kappa shape index (κ2) is 9.03. The number of benzene rings is 1. The van der Waals surface area contributed by atoms with Crippen molar-refractivity contribution in [2.45, 2.75) is 32.5 Å². The van der Waals surface area contributed by atoms with Crippen LogP contribution in [0.1, 0.15) is 22.6 Å². The Kier molecular flexibility index (Phi) is 6.23. The van der Waals surface area contributed by atoms with E-state index in [4.69, 9.17) is 20.9 Å². The van der Waals surface area contributed by atoms with Crippen LogP contribution < -0.4 is 0 Å². The van der Waals surface area contributed by atoms with Crippen molar-refractivity contribution >= 4 is 11.6 Å². The molecule has 2 atom stereocenters. The molecule has 0 unspecified atom stereocenters. The molecule has 29 heavy (non-hydrogen) atoms. The molecule has 0 N–H and O–H groups in total. The fraction of sp³-hybridized carbons (Fsp3) is 0.364. The Morgan fingerprint density at radius 2 is 2.00 bits per heavy atom. The minimum atomic E-state index is -0.293. The molecule has 1 saturated heterocycles. The first-order valence-electron chi connectivity index (χ1n) is 9.66. The summed E-state index contributed by atoms with van der Waals surface area (Å²) in [5.74, 6) is 0.768. The number of aryl methyl sites for hydroxylation is 1. The fourth-order valence-corrected chi connectivity index (χ4v) is 4.08. The Bertz CT molecular complexity index is 930. The number of hydrogen-bond acceptors (Lipinski definition) is 5. The van der Waals surface area contributed by atoms with Crippen LogP contribution in [0.2, 0.25) is 5.02 Å². The van der Waals surface area contributed by atoms with E-state index in [1.54, 1.807) is 24.5 Å². The van der Waals surface area contributed by atoms with Crippen molar-refractivity contribution in [2.24, 2.45) is 5.92 Å². The molecule has 1 aromatic carbocycles. The molecule has 0 radical (unpaired) electrons. The average molecular weight is 416 g/mol. The van der Waals surface area contributed by atoms with Gasteiger partial charge in [0.25, 0.3) is 0 Å². The molecule has 0 saturated carbocycles. The number of ether oxygens (including phenoxy) is 1. The Morgan fingerprint density at radius 1 is 1.17 bits per heavy atom. The number of hydrogen-bond donors (Lipinski definition) is 0. The standard InChI is InChI=1S/C22H23ClFN3O2/c1-15-9-18(29-26-15)10-17-13-28-14-22(17)27(11-16-5-7-25-8-6-16)12-19-20(23)3-2-4-21(19)24/h2-9,17,22H,10-14H2,1H3/t17-,22-/m1/s1. The summed E-state index contributed by atoms with van der Waals surface area (Å²) in [5, 5.41) is 4.42. The molecule has 2 aromatic heterocycles. The molecule has 0 spiro atoms. The van der Waals surface area contributed by atoms with Gasteiger partial charge in [-0.3, -0.25) is 9.88 Å². The van der Waals surface area contributed by atoms with Crippen LogP contribution >= 0.6 is 11.6 Å². The Labute approximate surface area is 174 Å². The Morgan fingerprint density at radius 3 is 2.72 bits per heavy atom. The first-order chi connectivity index (χ1) is 14.1. The van der Waals surface area contributed by atoms with Crippen molar-refractivity contribution in [1.82, 2.24) is 15.0 Å². The summed E-state index contributed by atoms with van der Waals surface area (Å²) in [6, 6.07) is 10.8. The summed E-state index contributed by atoms with van der Waals surface area (Å²) < 4.78 is 25.7. The van der Waals surface area contributed by atoms with E-state index in [9.17, 15) is 4.39 Å². The van der Waals surface area contributed by atoms with Gasteiger partial charge in [-0.1, -0.05) is 22.8 Å². The summed E-state index contributed by atoms with van der Waals surface area (Å²) >= 11 is 6.32. The first-order valence-corrected chi connectivity index (χ1v) is 10.0. The average Bonchev–Trinajstić information content (AvgIpc) is 3.34. The van der Waals surface area contributed by atoms with E-state index in [-0.39, 0.29) is 17.8 Å². The molecule has 152 valence electrons. The smallest absolute Gasteiger partial charge is 0.137 e. The number of nitrogens with zero attached hydrogens (tertiary/aromatic N) is 3. The molecule has 3 aromatic rings. The molecule has 5 nitrogen and oxygen atoms in total. The van der Waals surface area contributed by atoms with E-state index in [2.05, 4.69) is 15.0 Å². The molecule has 1 aliphatic rings. The van der Waals surface area contributed by atoms with Crippen molar-refractivity contribution in [3.8, 4) is 0 Å². The van der Waals surface area contributed by atoms with Crippen LogP contribution in [0.3, 0.4) is 0 Å². The van der Waals surface area contributed by atoms with Gasteiger partial charge in [0.15, 0.2) is 0 Å². The van der Waals surface area contributed by atoms with Gasteiger partial charge in [-0.2, -0.15) is 0 Å². The maximum atomic E-state index is 14.5. The molecule has 3 heterocycles. The molecule has 0 amide bonds. The Hall–Kier alpha value is -2.28. The number of aromatic nitrogens is 2. The second-order valence-corrected chi connectivity index (χ2v) is 7.87. The zero-order chi connectivity index (χ0) is 20.2. The van der Waals surface area contributed by atoms with Crippen molar-refractivity contribution < 1.29 is 13.7 Å². The molecule has 7 heteroatoms. The van der Waals surface area contributed by atoms with Gasteiger partial charge in [0.2, 0.25) is 0 Å². The summed E-state index contributed by atoms with van der Waals surface area (Å²) in [6.07, 6.45) is 4.26. The molecule has 0 aliphatic carbocycles. The normalized spacial score (nSPS) is 19.2. The highest BCUT2D eigenvalue weighted by molar-refractivity contribution is 6.31. The lowest BCUT2D eigenvalue weighted by molar-refractivity contribution is 0.126. The molecule has 0 bridgehead atoms. The SMILES string of the molecule is Cc1cc(C[C@@H]2COC[C@H]2N(Cc2ccncc2)Cc2c(F)cccc2Cl)on1. The lowest BCUT2D eigenvalue weighted by atomic mass is 9.95. The van der Waals surface area contributed by atoms with E-state index in [0.717, 1.165) is 23.4 Å². The third-order valence-electron chi connectivity index (χ3n) is 5.33. The lowest BCUT2D eigenvalue weighted by Crippen LogP contribution is -2.40. The highest BCUT2D eigenvalue weighted by Crippen LogP contribution is 2.29. The van der Waals surface area contributed by atoms with Crippen LogP contribution in [0, 0.1) is 18.7 Å². The summed E-state index contributed by atoms with van der Waals surface area (Å²) in [6.45, 7) is 4.16. The van der Waals surface area contributed by atoms with E-state index in [0.29, 0.717) is 36.9 Å². The van der Waals surface area contributed by atoms with Gasteiger partial charge in [0.1, 0.15) is 11.6 Å². The quantitative estimate of drug-likeness (QED) is 0.571. The monoisotopic (exact) mass is 415 g/mol. The zero-order valence-corrected chi connectivity index (χ0v) is 17.0. The van der Waals surface area contributed by atoms with E-state index < -0.39 is 0 Å². The predicted octanol–water partition coefficient (Wildman–Crippen LogP) is 4.43. The maximum absolute atomic E-state index is 14.5. The number of halogens is 2. The van der Waals surface area contributed by atoms with Crippen LogP contribution in [0.15, 0.2) is 53.3 Å². The van der Waals surface area contributed by atoms with Gasteiger partial charge in [0, 0.05) is 60.5 Å². The molecule has 4 rings (SSSR count). The van der Waals surface area contributed by atoms with Gasteiger partial charge < -0.3 is 9.26 Å². The van der Waals surface area contributed by atoms with Crippen molar-refractivity contribution in [1.29, 1.82) is 0 Å². The topological polar surface area (TPSA) is 51.4 Å². The summed E-state index contributed by atoms with van der Waals surface area (Å²) in [7, 11) is 0. The third-order valence-corrected chi connectivity index (χ3v) is 5.69. The summed E-state index contributed by atoms with van der Waals surface area (Å²) in [5.41, 5.74) is 2.47. The lowest BCUT2D eigenvalue weighted by Gasteiger charge is -2.32. The van der Waals surface area contributed by atoms with Gasteiger partial charge in [0.05, 0.1) is 18.9 Å². The minimum absolute atomic E-state index is 0.101. The van der Waals surface area contributed by atoms with Crippen molar-refractivity contribution in [3.05, 3.63) is 82.2 Å². The fourth-order valence-electron chi connectivity index (χ4n) is 3.86. The van der Waals surface area contributed by atoms with Gasteiger partial charge in [-0.15, -0.1) is 0 Å². The maximum Gasteiger partial charge on any atom is 0.137 e. The molecule has 1 fully saturated rings. The van der Waals surface area contributed by atoms with Crippen LogP contribution in [-0.2, 0) is 24.2 Å². The first kappa shape index (κ1) is 20.0. The van der Waals surface area contributed by atoms with Gasteiger partial charge in [-0.05, 0) is 36.8 Å². The van der Waals surface area contributed by atoms with Gasteiger partial charge in [-0.25, -0.2) is 4.39 Å². The zero-order valence-electron chi connectivity index (χ0n) is 16.2. The predicted molar refractivity (Wildman–Crippen MR) is 108 cm³/mol. The van der Waals surface area contributed by atoms with Gasteiger partial charge >= 0.3 is 0 Å². The second-order valence-electron chi connectivity index (χ2n) is 7.46. The molecular formula is C22H23ClFN3O2. The third kappa shape index (κ3) is 4.83.